The molecule has 3 rings (SSSR count). The van der Waals surface area contributed by atoms with Gasteiger partial charge in [0.15, 0.2) is 0 Å². The number of allylic oxidation sites excluding steroid dienone is 1. The van der Waals surface area contributed by atoms with Gasteiger partial charge in [-0.15, -0.1) is 11.0 Å². The number of aromatic nitrogens is 1. The van der Waals surface area contributed by atoms with Crippen molar-refractivity contribution in [1.82, 2.24) is 4.57 Å². The molecular formula is C19H20N2O3S2. The van der Waals surface area contributed by atoms with Crippen molar-refractivity contribution < 1.29 is 13.2 Å². The number of rotatable bonds is 6. The first-order chi connectivity index (χ1) is 12.4. The molecule has 2 aromatic carbocycles. The zero-order chi connectivity index (χ0) is 18.7. The smallest absolute Gasteiger partial charge is 0.285 e. The van der Waals surface area contributed by atoms with Crippen molar-refractivity contribution in [2.24, 2.45) is 4.40 Å². The average Bonchev–Trinajstić information content (AvgIpc) is 2.92. The van der Waals surface area contributed by atoms with Crippen LogP contribution in [0.25, 0.3) is 10.2 Å². The predicted octanol–water partition coefficient (Wildman–Crippen LogP) is 3.89. The molecule has 0 bridgehead atoms. The summed E-state index contributed by atoms with van der Waals surface area (Å²) in [6.07, 6.45) is 1.72. The van der Waals surface area contributed by atoms with Gasteiger partial charge in [-0.1, -0.05) is 35.1 Å². The molecule has 7 heteroatoms. The predicted molar refractivity (Wildman–Crippen MR) is 105 cm³/mol. The molecule has 1 heterocycles. The largest absolute Gasteiger partial charge is 0.494 e. The fourth-order valence-electron chi connectivity index (χ4n) is 2.55. The average molecular weight is 389 g/mol. The van der Waals surface area contributed by atoms with Crippen molar-refractivity contribution >= 4 is 31.6 Å². The summed E-state index contributed by atoms with van der Waals surface area (Å²) in [7, 11) is -3.79. The second-order valence-electron chi connectivity index (χ2n) is 5.73. The van der Waals surface area contributed by atoms with Crippen LogP contribution in [0.1, 0.15) is 12.5 Å². The van der Waals surface area contributed by atoms with E-state index in [1.165, 1.54) is 11.3 Å². The summed E-state index contributed by atoms with van der Waals surface area (Å²) in [5.41, 5.74) is 1.90. The summed E-state index contributed by atoms with van der Waals surface area (Å²) in [5, 5.41) is 0. The van der Waals surface area contributed by atoms with Gasteiger partial charge in [0, 0.05) is 6.54 Å². The third-order valence-electron chi connectivity index (χ3n) is 3.79. The number of nitrogens with zero attached hydrogens (tertiary/aromatic N) is 2. The molecule has 0 aliphatic rings. The lowest BCUT2D eigenvalue weighted by Crippen LogP contribution is -2.16. The molecule has 0 aliphatic heterocycles. The fraction of sp³-hybridized carbons (Fsp3) is 0.211. The van der Waals surface area contributed by atoms with E-state index in [2.05, 4.69) is 11.0 Å². The van der Waals surface area contributed by atoms with Crippen molar-refractivity contribution in [2.75, 3.05) is 6.61 Å². The van der Waals surface area contributed by atoms with Crippen LogP contribution in [0.4, 0.5) is 0 Å². The van der Waals surface area contributed by atoms with Gasteiger partial charge in [0.05, 0.1) is 21.7 Å². The Bertz CT molecular complexity index is 1110. The highest BCUT2D eigenvalue weighted by atomic mass is 32.2. The SMILES string of the molecule is C=CCn1c(=NS(=O)(=O)c2ccc(C)cc2)sc2cc(OCC)ccc21. The number of thiazole rings is 1. The standard InChI is InChI=1S/C19H20N2O3S2/c1-4-12-21-17-11-8-15(24-5-2)13-18(17)25-19(21)20-26(22,23)16-9-6-14(3)7-10-16/h4,6-11,13H,1,5,12H2,2-3H3. The molecule has 26 heavy (non-hydrogen) atoms. The van der Waals surface area contributed by atoms with Gasteiger partial charge in [-0.3, -0.25) is 0 Å². The quantitative estimate of drug-likeness (QED) is 0.602. The molecule has 0 spiro atoms. The Balaban J connectivity index is 2.18. The van der Waals surface area contributed by atoms with Gasteiger partial charge in [-0.2, -0.15) is 8.42 Å². The van der Waals surface area contributed by atoms with E-state index in [0.717, 1.165) is 21.5 Å². The number of hydrogen-bond donors (Lipinski definition) is 0. The lowest BCUT2D eigenvalue weighted by molar-refractivity contribution is 0.341. The molecule has 0 unspecified atom stereocenters. The molecule has 0 saturated heterocycles. The lowest BCUT2D eigenvalue weighted by atomic mass is 10.2. The summed E-state index contributed by atoms with van der Waals surface area (Å²) >= 11 is 1.32. The van der Waals surface area contributed by atoms with E-state index in [1.807, 2.05) is 36.6 Å². The van der Waals surface area contributed by atoms with Crippen molar-refractivity contribution in [3.05, 3.63) is 65.5 Å². The molecule has 0 aliphatic carbocycles. The Morgan fingerprint density at radius 3 is 2.62 bits per heavy atom. The maximum Gasteiger partial charge on any atom is 0.285 e. The summed E-state index contributed by atoms with van der Waals surface area (Å²) in [5.74, 6) is 0.750. The van der Waals surface area contributed by atoms with Crippen LogP contribution in [0.15, 0.2) is 64.4 Å². The topological polar surface area (TPSA) is 60.7 Å². The number of sulfonamides is 1. The highest BCUT2D eigenvalue weighted by molar-refractivity contribution is 7.90. The molecule has 136 valence electrons. The Morgan fingerprint density at radius 2 is 1.96 bits per heavy atom. The van der Waals surface area contributed by atoms with E-state index in [1.54, 1.807) is 30.3 Å². The maximum atomic E-state index is 12.7. The molecular weight excluding hydrogens is 368 g/mol. The number of benzene rings is 2. The van der Waals surface area contributed by atoms with Crippen molar-refractivity contribution in [2.45, 2.75) is 25.3 Å². The van der Waals surface area contributed by atoms with Crippen LogP contribution in [0, 0.1) is 6.92 Å². The van der Waals surface area contributed by atoms with Gasteiger partial charge < -0.3 is 9.30 Å². The molecule has 5 nitrogen and oxygen atoms in total. The van der Waals surface area contributed by atoms with Crippen molar-refractivity contribution in [1.29, 1.82) is 0 Å². The van der Waals surface area contributed by atoms with E-state index in [-0.39, 0.29) is 4.90 Å². The zero-order valence-electron chi connectivity index (χ0n) is 14.7. The van der Waals surface area contributed by atoms with Gasteiger partial charge >= 0.3 is 0 Å². The second-order valence-corrected chi connectivity index (χ2v) is 8.34. The van der Waals surface area contributed by atoms with Gasteiger partial charge in [0.25, 0.3) is 10.0 Å². The Morgan fingerprint density at radius 1 is 1.23 bits per heavy atom. The molecule has 0 N–H and O–H groups in total. The fourth-order valence-corrected chi connectivity index (χ4v) is 4.82. The van der Waals surface area contributed by atoms with Gasteiger partial charge in [0.1, 0.15) is 5.75 Å². The molecule has 1 aromatic heterocycles. The molecule has 0 radical (unpaired) electrons. The van der Waals surface area contributed by atoms with Gasteiger partial charge in [0.2, 0.25) is 4.80 Å². The van der Waals surface area contributed by atoms with Crippen molar-refractivity contribution in [3.63, 3.8) is 0 Å². The number of aryl methyl sites for hydroxylation is 1. The molecule has 0 fully saturated rings. The van der Waals surface area contributed by atoms with Crippen LogP contribution < -0.4 is 9.54 Å². The van der Waals surface area contributed by atoms with Crippen molar-refractivity contribution in [3.8, 4) is 5.75 Å². The highest BCUT2D eigenvalue weighted by Gasteiger charge is 2.14. The molecule has 0 atom stereocenters. The van der Waals surface area contributed by atoms with E-state index < -0.39 is 10.0 Å². The number of ether oxygens (including phenoxy) is 1. The minimum atomic E-state index is -3.79. The Labute approximate surface area is 157 Å². The first-order valence-corrected chi connectivity index (χ1v) is 10.4. The number of hydrogen-bond acceptors (Lipinski definition) is 4. The zero-order valence-corrected chi connectivity index (χ0v) is 16.3. The van der Waals surface area contributed by atoms with E-state index in [4.69, 9.17) is 4.74 Å². The van der Waals surface area contributed by atoms with Gasteiger partial charge in [-0.25, -0.2) is 0 Å². The van der Waals surface area contributed by atoms with E-state index in [0.29, 0.717) is 18.0 Å². The Hall–Kier alpha value is -2.38. The summed E-state index contributed by atoms with van der Waals surface area (Å²) in [6.45, 7) is 8.64. The van der Waals surface area contributed by atoms with Crippen LogP contribution in [-0.2, 0) is 16.6 Å². The van der Waals surface area contributed by atoms with E-state index >= 15 is 0 Å². The normalized spacial score (nSPS) is 12.5. The minimum absolute atomic E-state index is 0.181. The lowest BCUT2D eigenvalue weighted by Gasteiger charge is -2.04. The highest BCUT2D eigenvalue weighted by Crippen LogP contribution is 2.24. The minimum Gasteiger partial charge on any atom is -0.494 e. The first-order valence-electron chi connectivity index (χ1n) is 8.19. The monoisotopic (exact) mass is 388 g/mol. The molecule has 0 amide bonds. The first kappa shape index (κ1) is 18.4. The molecule has 3 aromatic rings. The summed E-state index contributed by atoms with van der Waals surface area (Å²) in [6, 6.07) is 12.4. The van der Waals surface area contributed by atoms with E-state index in [9.17, 15) is 8.42 Å². The number of fused-ring (bicyclic) bond motifs is 1. The van der Waals surface area contributed by atoms with Crippen LogP contribution in [0.5, 0.6) is 5.75 Å². The maximum absolute atomic E-state index is 12.7. The van der Waals surface area contributed by atoms with Crippen LogP contribution in [0.3, 0.4) is 0 Å². The summed E-state index contributed by atoms with van der Waals surface area (Å²) < 4.78 is 37.8. The Kier molecular flexibility index (Phi) is 5.29. The third-order valence-corrected chi connectivity index (χ3v) is 6.23. The molecule has 0 saturated carbocycles. The van der Waals surface area contributed by atoms with Gasteiger partial charge in [-0.05, 0) is 44.2 Å². The van der Waals surface area contributed by atoms with Crippen LogP contribution in [-0.4, -0.2) is 19.6 Å². The second kappa shape index (κ2) is 7.47. The van der Waals surface area contributed by atoms with Crippen LogP contribution >= 0.6 is 11.3 Å². The summed E-state index contributed by atoms with van der Waals surface area (Å²) in [4.78, 5) is 0.592. The van der Waals surface area contributed by atoms with Crippen LogP contribution in [0.2, 0.25) is 0 Å². The third kappa shape index (κ3) is 3.73.